The molecule has 1 aromatic carbocycles. The van der Waals surface area contributed by atoms with E-state index in [2.05, 4.69) is 15.3 Å². The van der Waals surface area contributed by atoms with Gasteiger partial charge in [0, 0.05) is 28.4 Å². The van der Waals surface area contributed by atoms with Gasteiger partial charge >= 0.3 is 0 Å². The van der Waals surface area contributed by atoms with Crippen molar-refractivity contribution in [2.24, 2.45) is 0 Å². The first-order chi connectivity index (χ1) is 9.99. The first-order valence-electron chi connectivity index (χ1n) is 6.18. The van der Waals surface area contributed by atoms with E-state index in [1.54, 1.807) is 25.1 Å². The van der Waals surface area contributed by atoms with Gasteiger partial charge in [0.15, 0.2) is 0 Å². The van der Waals surface area contributed by atoms with Gasteiger partial charge in [0.05, 0.1) is 18.0 Å². The summed E-state index contributed by atoms with van der Waals surface area (Å²) in [4.78, 5) is 19.8. The van der Waals surface area contributed by atoms with E-state index in [4.69, 9.17) is 23.2 Å². The van der Waals surface area contributed by atoms with Crippen molar-refractivity contribution in [3.05, 3.63) is 57.6 Å². The number of nitrogens with zero attached hydrogens (tertiary/aromatic N) is 2. The Kier molecular flexibility index (Phi) is 5.12. The summed E-state index contributed by atoms with van der Waals surface area (Å²) in [5.41, 5.74) is 1.28. The largest absolute Gasteiger partial charge is 0.386 e. The summed E-state index contributed by atoms with van der Waals surface area (Å²) in [6.45, 7) is 1.75. The van der Waals surface area contributed by atoms with E-state index < -0.39 is 12.0 Å². The number of rotatable bonds is 4. The molecule has 2 aromatic rings. The van der Waals surface area contributed by atoms with E-state index in [1.807, 2.05) is 0 Å². The maximum absolute atomic E-state index is 11.9. The normalized spacial score (nSPS) is 12.0. The quantitative estimate of drug-likeness (QED) is 0.905. The number of aliphatic hydroxyl groups excluding tert-OH is 1. The maximum atomic E-state index is 11.9. The van der Waals surface area contributed by atoms with Crippen molar-refractivity contribution >= 4 is 29.1 Å². The van der Waals surface area contributed by atoms with Crippen LogP contribution in [0.5, 0.6) is 0 Å². The number of amides is 1. The maximum Gasteiger partial charge on any atom is 0.271 e. The Morgan fingerprint density at radius 3 is 2.52 bits per heavy atom. The molecule has 0 radical (unpaired) electrons. The van der Waals surface area contributed by atoms with Crippen LogP contribution in [0.25, 0.3) is 0 Å². The van der Waals surface area contributed by atoms with Crippen LogP contribution >= 0.6 is 23.2 Å². The number of carbonyl (C=O) groups excluding carboxylic acids is 1. The molecule has 0 aliphatic rings. The third kappa shape index (κ3) is 3.91. The van der Waals surface area contributed by atoms with E-state index in [0.717, 1.165) is 5.69 Å². The van der Waals surface area contributed by atoms with Gasteiger partial charge in [-0.3, -0.25) is 9.78 Å². The van der Waals surface area contributed by atoms with Gasteiger partial charge in [-0.15, -0.1) is 0 Å². The zero-order valence-electron chi connectivity index (χ0n) is 11.2. The Hall–Kier alpha value is -1.69. The minimum Gasteiger partial charge on any atom is -0.386 e. The molecule has 0 spiro atoms. The molecular formula is C14H13Cl2N3O2. The lowest BCUT2D eigenvalue weighted by atomic mass is 10.1. The predicted octanol–water partition coefficient (Wildman–Crippen LogP) is 2.56. The summed E-state index contributed by atoms with van der Waals surface area (Å²) in [6, 6.07) is 4.93. The molecule has 2 N–H and O–H groups in total. The molecular weight excluding hydrogens is 313 g/mol. The summed E-state index contributed by atoms with van der Waals surface area (Å²) < 4.78 is 0. The summed E-state index contributed by atoms with van der Waals surface area (Å²) in [5.74, 6) is -0.426. The van der Waals surface area contributed by atoms with E-state index in [9.17, 15) is 9.90 Å². The van der Waals surface area contributed by atoms with Crippen molar-refractivity contribution in [2.75, 3.05) is 6.54 Å². The van der Waals surface area contributed by atoms with Crippen molar-refractivity contribution in [3.8, 4) is 0 Å². The minimum absolute atomic E-state index is 0.0299. The van der Waals surface area contributed by atoms with Crippen LogP contribution in [0.2, 0.25) is 10.0 Å². The molecule has 7 heteroatoms. The van der Waals surface area contributed by atoms with Crippen LogP contribution in [0, 0.1) is 6.92 Å². The second-order valence-electron chi connectivity index (χ2n) is 4.40. The Morgan fingerprint density at radius 1 is 1.29 bits per heavy atom. The van der Waals surface area contributed by atoms with Gasteiger partial charge in [-0.05, 0) is 19.1 Å². The molecule has 0 bridgehead atoms. The number of hydrogen-bond acceptors (Lipinski definition) is 4. The lowest BCUT2D eigenvalue weighted by Crippen LogP contribution is -2.29. The zero-order valence-corrected chi connectivity index (χ0v) is 12.7. The monoisotopic (exact) mass is 325 g/mol. The molecule has 21 heavy (non-hydrogen) atoms. The van der Waals surface area contributed by atoms with Gasteiger partial charge in [0.2, 0.25) is 0 Å². The van der Waals surface area contributed by atoms with Crippen LogP contribution in [-0.2, 0) is 0 Å². The standard InChI is InChI=1S/C14H13Cl2N3O2/c1-8-5-18-11(6-17-8)14(21)19-7-12(20)13-9(15)3-2-4-10(13)16/h2-6,12,20H,7H2,1H3,(H,19,21)/t12-/m1/s1. The van der Waals surface area contributed by atoms with Gasteiger partial charge < -0.3 is 10.4 Å². The highest BCUT2D eigenvalue weighted by Gasteiger charge is 2.17. The van der Waals surface area contributed by atoms with E-state index in [1.165, 1.54) is 12.4 Å². The second-order valence-corrected chi connectivity index (χ2v) is 5.22. The van der Waals surface area contributed by atoms with Gasteiger partial charge in [-0.1, -0.05) is 29.3 Å². The molecule has 1 atom stereocenters. The fourth-order valence-electron chi connectivity index (χ4n) is 1.72. The fraction of sp³-hybridized carbons (Fsp3) is 0.214. The zero-order chi connectivity index (χ0) is 15.4. The smallest absolute Gasteiger partial charge is 0.271 e. The predicted molar refractivity (Wildman–Crippen MR) is 80.5 cm³/mol. The van der Waals surface area contributed by atoms with Crippen LogP contribution < -0.4 is 5.32 Å². The summed E-state index contributed by atoms with van der Waals surface area (Å²) in [6.07, 6.45) is 1.86. The van der Waals surface area contributed by atoms with Crippen molar-refractivity contribution in [3.63, 3.8) is 0 Å². The van der Waals surface area contributed by atoms with Crippen molar-refractivity contribution < 1.29 is 9.90 Å². The average Bonchev–Trinajstić information content (AvgIpc) is 2.45. The van der Waals surface area contributed by atoms with Crippen LogP contribution in [-0.4, -0.2) is 27.5 Å². The molecule has 0 saturated carbocycles. The van der Waals surface area contributed by atoms with Gasteiger partial charge in [-0.25, -0.2) is 4.98 Å². The number of nitrogens with one attached hydrogen (secondary N) is 1. The Labute approximate surface area is 131 Å². The van der Waals surface area contributed by atoms with Crippen LogP contribution in [0.3, 0.4) is 0 Å². The number of aryl methyl sites for hydroxylation is 1. The molecule has 2 rings (SSSR count). The van der Waals surface area contributed by atoms with Crippen molar-refractivity contribution in [2.45, 2.75) is 13.0 Å². The van der Waals surface area contributed by atoms with Crippen LogP contribution in [0.15, 0.2) is 30.6 Å². The number of benzene rings is 1. The van der Waals surface area contributed by atoms with Crippen molar-refractivity contribution in [1.29, 1.82) is 0 Å². The molecule has 1 heterocycles. The lowest BCUT2D eigenvalue weighted by molar-refractivity contribution is 0.0911. The van der Waals surface area contributed by atoms with Gasteiger partial charge in [-0.2, -0.15) is 0 Å². The number of hydrogen-bond donors (Lipinski definition) is 2. The van der Waals surface area contributed by atoms with Crippen molar-refractivity contribution in [1.82, 2.24) is 15.3 Å². The molecule has 0 saturated heterocycles. The summed E-state index contributed by atoms with van der Waals surface area (Å²) >= 11 is 12.0. The molecule has 0 aliphatic carbocycles. The molecule has 0 fully saturated rings. The molecule has 1 amide bonds. The van der Waals surface area contributed by atoms with E-state index in [-0.39, 0.29) is 12.2 Å². The highest BCUT2D eigenvalue weighted by Crippen LogP contribution is 2.29. The Bertz CT molecular complexity index is 627. The third-order valence-electron chi connectivity index (χ3n) is 2.80. The lowest BCUT2D eigenvalue weighted by Gasteiger charge is -2.15. The number of aromatic nitrogens is 2. The van der Waals surface area contributed by atoms with E-state index in [0.29, 0.717) is 15.6 Å². The summed E-state index contributed by atoms with van der Waals surface area (Å²) in [5, 5.41) is 13.4. The molecule has 0 unspecified atom stereocenters. The highest BCUT2D eigenvalue weighted by molar-refractivity contribution is 6.36. The van der Waals surface area contributed by atoms with Crippen LogP contribution in [0.1, 0.15) is 27.8 Å². The number of carbonyl (C=O) groups is 1. The first kappa shape index (κ1) is 15.7. The van der Waals surface area contributed by atoms with E-state index >= 15 is 0 Å². The Morgan fingerprint density at radius 2 is 1.95 bits per heavy atom. The molecule has 1 aromatic heterocycles. The second kappa shape index (κ2) is 6.85. The topological polar surface area (TPSA) is 75.1 Å². The number of aliphatic hydroxyl groups is 1. The molecule has 110 valence electrons. The first-order valence-corrected chi connectivity index (χ1v) is 6.93. The molecule has 0 aliphatic heterocycles. The number of halogens is 2. The molecule has 5 nitrogen and oxygen atoms in total. The fourth-order valence-corrected chi connectivity index (χ4v) is 2.37. The Balaban J connectivity index is 2.02. The average molecular weight is 326 g/mol. The highest BCUT2D eigenvalue weighted by atomic mass is 35.5. The summed E-state index contributed by atoms with van der Waals surface area (Å²) in [7, 11) is 0. The third-order valence-corrected chi connectivity index (χ3v) is 3.46. The van der Waals surface area contributed by atoms with Crippen LogP contribution in [0.4, 0.5) is 0 Å². The SMILES string of the molecule is Cc1cnc(C(=O)NC[C@@H](O)c2c(Cl)cccc2Cl)cn1. The van der Waals surface area contributed by atoms with Gasteiger partial charge in [0.25, 0.3) is 5.91 Å². The van der Waals surface area contributed by atoms with Gasteiger partial charge in [0.1, 0.15) is 5.69 Å². The minimum atomic E-state index is -1.01.